The van der Waals surface area contributed by atoms with Gasteiger partial charge in [0.15, 0.2) is 9.84 Å². The Morgan fingerprint density at radius 3 is 2.61 bits per heavy atom. The van der Waals surface area contributed by atoms with Gasteiger partial charge in [0, 0.05) is 21.5 Å². The Kier molecular flexibility index (Phi) is 6.73. The van der Waals surface area contributed by atoms with Gasteiger partial charge in [0.1, 0.15) is 4.75 Å². The third-order valence-electron chi connectivity index (χ3n) is 5.63. The van der Waals surface area contributed by atoms with E-state index in [1.54, 1.807) is 17.6 Å². The largest absolute Gasteiger partial charge is 0.351 e. The van der Waals surface area contributed by atoms with E-state index in [9.17, 15) is 18.0 Å². The highest BCUT2D eigenvalue weighted by Crippen LogP contribution is 2.47. The van der Waals surface area contributed by atoms with Crippen LogP contribution in [0, 0.1) is 0 Å². The smallest absolute Gasteiger partial charge is 0.319 e. The van der Waals surface area contributed by atoms with E-state index in [4.69, 9.17) is 10.9 Å². The van der Waals surface area contributed by atoms with Crippen molar-refractivity contribution >= 4 is 38.8 Å². The molecule has 3 amide bonds. The molecule has 1 atom stereocenters. The molecule has 1 aromatic carbocycles. The first-order valence-electron chi connectivity index (χ1n) is 10.1. The average Bonchev–Trinajstić information content (AvgIpc) is 3.20. The molecular formula is C21H27N3O5S2. The van der Waals surface area contributed by atoms with Crippen LogP contribution in [0.1, 0.15) is 44.4 Å². The number of amides is 3. The van der Waals surface area contributed by atoms with Crippen molar-refractivity contribution in [3.05, 3.63) is 41.3 Å². The number of benzene rings is 1. The van der Waals surface area contributed by atoms with Crippen molar-refractivity contribution in [2.24, 2.45) is 5.73 Å². The van der Waals surface area contributed by atoms with Crippen LogP contribution in [-0.4, -0.2) is 37.4 Å². The number of primary amides is 1. The Hall–Kier alpha value is -2.43. The molecule has 0 unspecified atom stereocenters. The summed E-state index contributed by atoms with van der Waals surface area (Å²) in [7, 11) is -3.59. The molecule has 0 radical (unpaired) electrons. The van der Waals surface area contributed by atoms with E-state index in [-0.39, 0.29) is 18.2 Å². The maximum atomic E-state index is 13.1. The van der Waals surface area contributed by atoms with Gasteiger partial charge in [0.2, 0.25) is 5.91 Å². The van der Waals surface area contributed by atoms with Crippen LogP contribution in [0.25, 0.3) is 10.4 Å². The number of carbonyl (C=O) groups excluding carboxylic acids is 2. The quantitative estimate of drug-likeness (QED) is 0.445. The number of nitrogens with two attached hydrogens (primary N) is 1. The van der Waals surface area contributed by atoms with Crippen molar-refractivity contribution in [2.45, 2.75) is 50.3 Å². The summed E-state index contributed by atoms with van der Waals surface area (Å²) in [6.45, 7) is 3.73. The van der Waals surface area contributed by atoms with Gasteiger partial charge in [-0.15, -0.1) is 11.3 Å². The molecule has 2 heterocycles. The summed E-state index contributed by atoms with van der Waals surface area (Å²) in [6.07, 6.45) is 1.24. The molecule has 31 heavy (non-hydrogen) atoms. The second kappa shape index (κ2) is 8.97. The highest BCUT2D eigenvalue weighted by atomic mass is 32.2. The number of thiophene rings is 1. The van der Waals surface area contributed by atoms with Crippen LogP contribution in [0.4, 0.5) is 10.5 Å². The molecule has 2 aromatic rings. The average molecular weight is 466 g/mol. The molecule has 0 saturated carbocycles. The second-order valence-electron chi connectivity index (χ2n) is 8.00. The zero-order valence-corrected chi connectivity index (χ0v) is 19.1. The van der Waals surface area contributed by atoms with Crippen LogP contribution in [0.3, 0.4) is 0 Å². The Balaban J connectivity index is 2.04. The zero-order valence-electron chi connectivity index (χ0n) is 17.5. The minimum atomic E-state index is -3.59. The summed E-state index contributed by atoms with van der Waals surface area (Å²) in [6, 6.07) is 10.2. The number of hydrogen-bond acceptors (Lipinski definition) is 6. The summed E-state index contributed by atoms with van der Waals surface area (Å²) in [4.78, 5) is 26.7. The van der Waals surface area contributed by atoms with E-state index in [0.29, 0.717) is 29.8 Å². The minimum Gasteiger partial charge on any atom is -0.351 e. The normalized spacial score (nSPS) is 20.4. The molecule has 1 aromatic heterocycles. The molecule has 0 aliphatic carbocycles. The van der Waals surface area contributed by atoms with Crippen molar-refractivity contribution in [3.8, 4) is 10.4 Å². The van der Waals surface area contributed by atoms with Crippen LogP contribution in [0.2, 0.25) is 0 Å². The Bertz CT molecular complexity index is 1080. The van der Waals surface area contributed by atoms with Crippen LogP contribution in [0.15, 0.2) is 36.4 Å². The van der Waals surface area contributed by atoms with Gasteiger partial charge in [-0.2, -0.15) is 0 Å². The van der Waals surface area contributed by atoms with E-state index in [0.717, 1.165) is 10.4 Å². The van der Waals surface area contributed by atoms with Gasteiger partial charge in [-0.25, -0.2) is 18.7 Å². The summed E-state index contributed by atoms with van der Waals surface area (Å²) in [5.41, 5.74) is 8.57. The maximum Gasteiger partial charge on any atom is 0.319 e. The lowest BCUT2D eigenvalue weighted by Gasteiger charge is -2.35. The van der Waals surface area contributed by atoms with E-state index >= 15 is 0 Å². The lowest BCUT2D eigenvalue weighted by atomic mass is 9.94. The van der Waals surface area contributed by atoms with Crippen LogP contribution >= 0.6 is 11.3 Å². The van der Waals surface area contributed by atoms with Crippen molar-refractivity contribution in [1.29, 1.82) is 0 Å². The molecule has 0 bridgehead atoms. The molecular weight excluding hydrogens is 438 g/mol. The number of sulfone groups is 1. The molecule has 10 heteroatoms. The van der Waals surface area contributed by atoms with Gasteiger partial charge in [-0.3, -0.25) is 14.9 Å². The van der Waals surface area contributed by atoms with E-state index in [2.05, 4.69) is 0 Å². The fourth-order valence-corrected chi connectivity index (χ4v) is 7.92. The first kappa shape index (κ1) is 23.2. The van der Waals surface area contributed by atoms with E-state index < -0.39 is 26.5 Å². The second-order valence-corrected chi connectivity index (χ2v) is 11.5. The lowest BCUT2D eigenvalue weighted by Crippen LogP contribution is -2.43. The molecule has 1 aliphatic rings. The van der Waals surface area contributed by atoms with Gasteiger partial charge in [-0.05, 0) is 56.5 Å². The zero-order chi connectivity index (χ0) is 22.8. The number of urea groups is 1. The highest BCUT2D eigenvalue weighted by molar-refractivity contribution is 7.92. The maximum absolute atomic E-state index is 13.1. The third kappa shape index (κ3) is 4.46. The summed E-state index contributed by atoms with van der Waals surface area (Å²) < 4.78 is 24.8. The molecule has 1 saturated heterocycles. The molecule has 0 spiro atoms. The first-order chi connectivity index (χ1) is 14.6. The Morgan fingerprint density at radius 1 is 1.26 bits per heavy atom. The van der Waals surface area contributed by atoms with E-state index in [1.807, 2.05) is 38.1 Å². The van der Waals surface area contributed by atoms with Crippen molar-refractivity contribution in [1.82, 2.24) is 5.48 Å². The number of hydroxylamine groups is 1. The minimum absolute atomic E-state index is 0.0103. The van der Waals surface area contributed by atoms with Crippen LogP contribution in [0.5, 0.6) is 0 Å². The van der Waals surface area contributed by atoms with Crippen LogP contribution < -0.4 is 16.1 Å². The predicted molar refractivity (Wildman–Crippen MR) is 121 cm³/mol. The van der Waals surface area contributed by atoms with E-state index in [1.165, 1.54) is 16.2 Å². The molecule has 168 valence electrons. The van der Waals surface area contributed by atoms with Gasteiger partial charge in [-0.1, -0.05) is 18.6 Å². The molecule has 3 rings (SSSR count). The number of nitrogens with zero attached hydrogens (tertiary/aromatic N) is 1. The first-order valence-corrected chi connectivity index (χ1v) is 12.5. The SMILES string of the molecule is CC(C)N(C(N)=O)c1cccc(-c2ccc([C@@]3(CC(=O)NO)CCCCS3(=O)=O)s2)c1. The van der Waals surface area contributed by atoms with Crippen LogP contribution in [-0.2, 0) is 19.4 Å². The highest BCUT2D eigenvalue weighted by Gasteiger charge is 2.49. The monoisotopic (exact) mass is 465 g/mol. The lowest BCUT2D eigenvalue weighted by molar-refractivity contribution is -0.130. The topological polar surface area (TPSA) is 130 Å². The molecule has 8 nitrogen and oxygen atoms in total. The molecule has 4 N–H and O–H groups in total. The third-order valence-corrected chi connectivity index (χ3v) is 9.68. The van der Waals surface area contributed by atoms with Gasteiger partial charge in [0.05, 0.1) is 12.2 Å². The van der Waals surface area contributed by atoms with Gasteiger partial charge in [0.25, 0.3) is 0 Å². The van der Waals surface area contributed by atoms with Gasteiger partial charge < -0.3 is 5.73 Å². The standard InChI is InChI=1S/C21H27N3O5S2/c1-14(2)24(20(22)26)16-7-5-6-15(12-16)17-8-9-18(30-17)21(13-19(25)23-27)10-3-4-11-31(21,28)29/h5-9,12,14,27H,3-4,10-11,13H2,1-2H3,(H2,22,26)(H,23,25)/t21-/m0/s1. The van der Waals surface area contributed by atoms with Gasteiger partial charge >= 0.3 is 6.03 Å². The molecule has 1 fully saturated rings. The Labute approximate surface area is 185 Å². The molecule has 1 aliphatic heterocycles. The van der Waals surface area contributed by atoms with Crippen molar-refractivity contribution in [2.75, 3.05) is 10.7 Å². The number of anilines is 1. The summed E-state index contributed by atoms with van der Waals surface area (Å²) >= 11 is 1.31. The van der Waals surface area contributed by atoms with Crippen molar-refractivity contribution < 1.29 is 23.2 Å². The Morgan fingerprint density at radius 2 is 2.00 bits per heavy atom. The number of carbonyl (C=O) groups is 2. The fraction of sp³-hybridized carbons (Fsp3) is 0.429. The summed E-state index contributed by atoms with van der Waals surface area (Å²) in [5, 5.41) is 9.02. The number of nitrogens with one attached hydrogen (secondary N) is 1. The van der Waals surface area contributed by atoms with Crippen molar-refractivity contribution in [3.63, 3.8) is 0 Å². The summed E-state index contributed by atoms with van der Waals surface area (Å²) in [5.74, 6) is -0.715. The predicted octanol–water partition coefficient (Wildman–Crippen LogP) is 3.40. The fourth-order valence-electron chi connectivity index (χ4n) is 4.14. The number of rotatable bonds is 6. The number of hydrogen-bond donors (Lipinski definition) is 3.